The second-order valence-corrected chi connectivity index (χ2v) is 7.08. The van der Waals surface area contributed by atoms with E-state index in [2.05, 4.69) is 53.6 Å². The molecule has 0 bridgehead atoms. The maximum atomic E-state index is 12.5. The minimum absolute atomic E-state index is 0.0274. The fourth-order valence-electron chi connectivity index (χ4n) is 3.49. The zero-order valence-corrected chi connectivity index (χ0v) is 16.1. The third-order valence-electron chi connectivity index (χ3n) is 4.96. The number of hydrogen-bond acceptors (Lipinski definition) is 3. The molecule has 0 unspecified atom stereocenters. The quantitative estimate of drug-likeness (QED) is 0.574. The highest BCUT2D eigenvalue weighted by molar-refractivity contribution is 5.40. The molecule has 0 radical (unpaired) electrons. The molecule has 4 rings (SSSR count). The molecule has 4 nitrogen and oxygen atoms in total. The summed E-state index contributed by atoms with van der Waals surface area (Å²) in [5.41, 5.74) is 5.85. The highest BCUT2D eigenvalue weighted by Gasteiger charge is 2.14. The van der Waals surface area contributed by atoms with Gasteiger partial charge in [0.1, 0.15) is 5.65 Å². The Morgan fingerprint density at radius 2 is 1.61 bits per heavy atom. The fraction of sp³-hybridized carbons (Fsp3) is 0.167. The Hall–Kier alpha value is -3.24. The number of rotatable bonds is 5. The lowest BCUT2D eigenvalue weighted by Gasteiger charge is -2.20. The summed E-state index contributed by atoms with van der Waals surface area (Å²) in [7, 11) is 0. The number of aromatic nitrogens is 2. The van der Waals surface area contributed by atoms with E-state index in [4.69, 9.17) is 0 Å². The van der Waals surface area contributed by atoms with Gasteiger partial charge in [-0.25, -0.2) is 4.98 Å². The monoisotopic (exact) mass is 369 g/mol. The molecule has 140 valence electrons. The van der Waals surface area contributed by atoms with Gasteiger partial charge in [-0.3, -0.25) is 9.20 Å². The van der Waals surface area contributed by atoms with Crippen LogP contribution in [-0.2, 0) is 6.54 Å². The molecule has 2 aromatic heterocycles. The van der Waals surface area contributed by atoms with Crippen molar-refractivity contribution in [2.24, 2.45) is 0 Å². The summed E-state index contributed by atoms with van der Waals surface area (Å²) in [6, 6.07) is 26.2. The van der Waals surface area contributed by atoms with Gasteiger partial charge < -0.3 is 5.32 Å². The molecule has 0 spiro atoms. The van der Waals surface area contributed by atoms with E-state index in [1.165, 1.54) is 16.7 Å². The van der Waals surface area contributed by atoms with Crippen LogP contribution in [0.25, 0.3) is 5.65 Å². The van der Waals surface area contributed by atoms with Crippen molar-refractivity contribution in [1.29, 1.82) is 0 Å². The number of fused-ring (bicyclic) bond motifs is 1. The highest BCUT2D eigenvalue weighted by Crippen LogP contribution is 2.22. The second-order valence-electron chi connectivity index (χ2n) is 7.08. The predicted molar refractivity (Wildman–Crippen MR) is 113 cm³/mol. The second kappa shape index (κ2) is 7.79. The molecule has 2 aromatic carbocycles. The average molecular weight is 369 g/mol. The Kier molecular flexibility index (Phi) is 5.04. The zero-order valence-electron chi connectivity index (χ0n) is 16.1. The van der Waals surface area contributed by atoms with Gasteiger partial charge in [0, 0.05) is 18.3 Å². The Morgan fingerprint density at radius 1 is 0.893 bits per heavy atom. The maximum Gasteiger partial charge on any atom is 0.258 e. The van der Waals surface area contributed by atoms with Crippen LogP contribution >= 0.6 is 0 Å². The Balaban J connectivity index is 1.66. The third-order valence-corrected chi connectivity index (χ3v) is 4.96. The summed E-state index contributed by atoms with van der Waals surface area (Å²) in [6.45, 7) is 4.51. The van der Waals surface area contributed by atoms with Crippen molar-refractivity contribution in [3.8, 4) is 0 Å². The molecule has 1 N–H and O–H groups in total. The van der Waals surface area contributed by atoms with Crippen LogP contribution in [0.3, 0.4) is 0 Å². The van der Waals surface area contributed by atoms with Gasteiger partial charge in [0.25, 0.3) is 5.56 Å². The Morgan fingerprint density at radius 3 is 2.36 bits per heavy atom. The van der Waals surface area contributed by atoms with Crippen LogP contribution in [0.15, 0.2) is 83.7 Å². The summed E-state index contributed by atoms with van der Waals surface area (Å²) in [5, 5.41) is 3.58. The minimum Gasteiger partial charge on any atom is -0.301 e. The molecule has 4 heteroatoms. The topological polar surface area (TPSA) is 46.4 Å². The number of nitrogens with zero attached hydrogens (tertiary/aromatic N) is 2. The van der Waals surface area contributed by atoms with Crippen molar-refractivity contribution in [1.82, 2.24) is 14.7 Å². The largest absolute Gasteiger partial charge is 0.301 e. The van der Waals surface area contributed by atoms with E-state index in [1.54, 1.807) is 10.5 Å². The fourth-order valence-corrected chi connectivity index (χ4v) is 3.49. The molecule has 28 heavy (non-hydrogen) atoms. The number of aryl methyl sites for hydroxylation is 2. The molecule has 0 aliphatic heterocycles. The van der Waals surface area contributed by atoms with Crippen LogP contribution in [0, 0.1) is 13.8 Å². The molecule has 0 saturated carbocycles. The lowest BCUT2D eigenvalue weighted by molar-refractivity contribution is 0.596. The van der Waals surface area contributed by atoms with Gasteiger partial charge in [0.05, 0.1) is 11.7 Å². The van der Waals surface area contributed by atoms with Gasteiger partial charge in [-0.05, 0) is 37.1 Å². The van der Waals surface area contributed by atoms with Crippen molar-refractivity contribution in [3.05, 3.63) is 117 Å². The van der Waals surface area contributed by atoms with Gasteiger partial charge in [0.2, 0.25) is 0 Å². The van der Waals surface area contributed by atoms with Gasteiger partial charge in [-0.1, -0.05) is 66.2 Å². The van der Waals surface area contributed by atoms with Gasteiger partial charge in [-0.15, -0.1) is 0 Å². The van der Waals surface area contributed by atoms with Crippen molar-refractivity contribution in [3.63, 3.8) is 0 Å². The normalized spacial score (nSPS) is 12.2. The molecular formula is C24H23N3O. The van der Waals surface area contributed by atoms with E-state index in [9.17, 15) is 4.79 Å². The lowest BCUT2D eigenvalue weighted by Crippen LogP contribution is -2.25. The first-order valence-electron chi connectivity index (χ1n) is 9.45. The standard InChI is InChI=1S/C24H23N3O/c1-17-11-13-20(14-12-17)24(19-8-4-3-5-9-19)25-16-21-15-23(28)27-18(2)7-6-10-22(27)26-21/h3-15,24-25H,16H2,1-2H3/t24-/m0/s1. The Labute approximate surface area is 164 Å². The summed E-state index contributed by atoms with van der Waals surface area (Å²) in [6.07, 6.45) is 0. The van der Waals surface area contributed by atoms with Crippen LogP contribution in [-0.4, -0.2) is 9.38 Å². The Bertz CT molecular complexity index is 1150. The summed E-state index contributed by atoms with van der Waals surface area (Å²) >= 11 is 0. The highest BCUT2D eigenvalue weighted by atomic mass is 16.1. The van der Waals surface area contributed by atoms with Gasteiger partial charge in [0.15, 0.2) is 0 Å². The number of nitrogens with one attached hydrogen (secondary N) is 1. The van der Waals surface area contributed by atoms with E-state index >= 15 is 0 Å². The van der Waals surface area contributed by atoms with Gasteiger partial charge in [-0.2, -0.15) is 0 Å². The van der Waals surface area contributed by atoms with Crippen LogP contribution in [0.2, 0.25) is 0 Å². The van der Waals surface area contributed by atoms with Crippen LogP contribution in [0.5, 0.6) is 0 Å². The molecule has 0 fully saturated rings. The van der Waals surface area contributed by atoms with Crippen LogP contribution in [0.1, 0.15) is 34.1 Å². The summed E-state index contributed by atoms with van der Waals surface area (Å²) in [5.74, 6) is 0. The summed E-state index contributed by atoms with van der Waals surface area (Å²) in [4.78, 5) is 17.2. The van der Waals surface area contributed by atoms with Crippen molar-refractivity contribution in [2.75, 3.05) is 0 Å². The molecular weight excluding hydrogens is 346 g/mol. The zero-order chi connectivity index (χ0) is 19.5. The molecule has 4 aromatic rings. The van der Waals surface area contributed by atoms with E-state index in [0.29, 0.717) is 12.2 Å². The number of pyridine rings is 1. The SMILES string of the molecule is Cc1ccc([C@@H](NCc2cc(=O)n3c(C)cccc3n2)c2ccccc2)cc1. The number of hydrogen-bond donors (Lipinski definition) is 1. The predicted octanol–water partition coefficient (Wildman–Crippen LogP) is 4.19. The molecule has 0 amide bonds. The van der Waals surface area contributed by atoms with E-state index < -0.39 is 0 Å². The molecule has 1 atom stereocenters. The van der Waals surface area contributed by atoms with Crippen LogP contribution < -0.4 is 10.9 Å². The smallest absolute Gasteiger partial charge is 0.258 e. The van der Waals surface area contributed by atoms with Crippen molar-refractivity contribution in [2.45, 2.75) is 26.4 Å². The lowest BCUT2D eigenvalue weighted by atomic mass is 9.98. The molecule has 2 heterocycles. The average Bonchev–Trinajstić information content (AvgIpc) is 2.70. The number of benzene rings is 2. The van der Waals surface area contributed by atoms with E-state index in [0.717, 1.165) is 11.4 Å². The van der Waals surface area contributed by atoms with Crippen LogP contribution in [0.4, 0.5) is 0 Å². The molecule has 0 aliphatic carbocycles. The van der Waals surface area contributed by atoms with E-state index in [1.807, 2.05) is 43.3 Å². The van der Waals surface area contributed by atoms with Gasteiger partial charge >= 0.3 is 0 Å². The van der Waals surface area contributed by atoms with Crippen molar-refractivity contribution >= 4 is 5.65 Å². The first-order chi connectivity index (χ1) is 13.6. The first-order valence-corrected chi connectivity index (χ1v) is 9.45. The molecule has 0 saturated heterocycles. The minimum atomic E-state index is -0.0495. The maximum absolute atomic E-state index is 12.5. The van der Waals surface area contributed by atoms with E-state index in [-0.39, 0.29) is 11.6 Å². The first kappa shape index (κ1) is 18.1. The van der Waals surface area contributed by atoms with Crippen molar-refractivity contribution < 1.29 is 0 Å². The third kappa shape index (κ3) is 3.73. The summed E-state index contributed by atoms with van der Waals surface area (Å²) < 4.78 is 1.64. The molecule has 0 aliphatic rings.